The summed E-state index contributed by atoms with van der Waals surface area (Å²) in [5.74, 6) is -1.50. The molecule has 0 bridgehead atoms. The lowest BCUT2D eigenvalue weighted by Crippen LogP contribution is -2.40. The number of hydrogen-bond acceptors (Lipinski definition) is 3. The lowest BCUT2D eigenvalue weighted by Gasteiger charge is -2.19. The molecule has 2 N–H and O–H groups in total. The van der Waals surface area contributed by atoms with Gasteiger partial charge in [0.2, 0.25) is 0 Å². The van der Waals surface area contributed by atoms with Crippen molar-refractivity contribution >= 4 is 12.0 Å². The van der Waals surface area contributed by atoms with Gasteiger partial charge in [0, 0.05) is 38.9 Å². The molecule has 0 aliphatic carbocycles. The zero-order chi connectivity index (χ0) is 13.7. The van der Waals surface area contributed by atoms with Gasteiger partial charge >= 0.3 is 12.0 Å². The molecule has 1 rings (SSSR count). The quantitative estimate of drug-likeness (QED) is 0.790. The molecule has 0 aliphatic heterocycles. The Morgan fingerprint density at radius 3 is 2.78 bits per heavy atom. The fourth-order valence-corrected chi connectivity index (χ4v) is 1.45. The fourth-order valence-electron chi connectivity index (χ4n) is 1.45. The van der Waals surface area contributed by atoms with Gasteiger partial charge in [-0.1, -0.05) is 6.92 Å². The van der Waals surface area contributed by atoms with E-state index in [2.05, 4.69) is 10.4 Å². The highest BCUT2D eigenvalue weighted by Crippen LogP contribution is 2.00. The first kappa shape index (κ1) is 14.0. The molecule has 1 atom stereocenters. The van der Waals surface area contributed by atoms with Crippen molar-refractivity contribution in [2.75, 3.05) is 13.6 Å². The number of aromatic nitrogens is 2. The zero-order valence-electron chi connectivity index (χ0n) is 10.8. The van der Waals surface area contributed by atoms with Gasteiger partial charge in [-0.05, 0) is 0 Å². The van der Waals surface area contributed by atoms with Crippen molar-refractivity contribution in [1.29, 1.82) is 0 Å². The van der Waals surface area contributed by atoms with Crippen molar-refractivity contribution in [1.82, 2.24) is 20.0 Å². The summed E-state index contributed by atoms with van der Waals surface area (Å²) in [6, 6.07) is -0.299. The minimum atomic E-state index is -0.915. The molecule has 1 aromatic heterocycles. The van der Waals surface area contributed by atoms with Gasteiger partial charge in [-0.15, -0.1) is 0 Å². The standard InChI is InChI=1S/C11H18N4O3/c1-8(10(16)17)6-14(2)11(18)12-4-9-5-13-15(3)7-9/h5,7-8H,4,6H2,1-3H3,(H,12,18)(H,16,17). The van der Waals surface area contributed by atoms with Gasteiger partial charge in [-0.25, -0.2) is 4.79 Å². The van der Waals surface area contributed by atoms with E-state index in [0.717, 1.165) is 5.56 Å². The van der Waals surface area contributed by atoms with Crippen LogP contribution < -0.4 is 5.32 Å². The molecule has 1 unspecified atom stereocenters. The van der Waals surface area contributed by atoms with E-state index < -0.39 is 11.9 Å². The number of carbonyl (C=O) groups excluding carboxylic acids is 1. The number of carboxylic acids is 1. The molecule has 1 aromatic rings. The van der Waals surface area contributed by atoms with Crippen molar-refractivity contribution in [2.45, 2.75) is 13.5 Å². The Hall–Kier alpha value is -2.05. The topological polar surface area (TPSA) is 87.5 Å². The van der Waals surface area contributed by atoms with Crippen molar-refractivity contribution in [3.63, 3.8) is 0 Å². The minimum absolute atomic E-state index is 0.175. The van der Waals surface area contributed by atoms with Crippen molar-refractivity contribution in [3.8, 4) is 0 Å². The van der Waals surface area contributed by atoms with Crippen LogP contribution in [0.2, 0.25) is 0 Å². The van der Waals surface area contributed by atoms with Crippen LogP contribution in [-0.4, -0.2) is 45.4 Å². The number of nitrogens with one attached hydrogen (secondary N) is 1. The summed E-state index contributed by atoms with van der Waals surface area (Å²) >= 11 is 0. The molecular formula is C11H18N4O3. The summed E-state index contributed by atoms with van der Waals surface area (Å²) in [7, 11) is 3.37. The Kier molecular flexibility index (Phi) is 4.70. The second-order valence-corrected chi connectivity index (χ2v) is 4.30. The number of rotatable bonds is 5. The first-order chi connectivity index (χ1) is 8.40. The number of carboxylic acid groups (broad SMARTS) is 1. The van der Waals surface area contributed by atoms with Crippen molar-refractivity contribution < 1.29 is 14.7 Å². The highest BCUT2D eigenvalue weighted by molar-refractivity contribution is 5.75. The van der Waals surface area contributed by atoms with Gasteiger partial charge in [-0.2, -0.15) is 5.10 Å². The van der Waals surface area contributed by atoms with Crippen LogP contribution in [0.25, 0.3) is 0 Å². The van der Waals surface area contributed by atoms with E-state index in [1.165, 1.54) is 4.90 Å². The van der Waals surface area contributed by atoms with Gasteiger partial charge in [0.05, 0.1) is 12.1 Å². The number of nitrogens with zero attached hydrogens (tertiary/aromatic N) is 3. The Balaban J connectivity index is 2.38. The average molecular weight is 254 g/mol. The van der Waals surface area contributed by atoms with Crippen LogP contribution in [0.15, 0.2) is 12.4 Å². The summed E-state index contributed by atoms with van der Waals surface area (Å²) in [5, 5.41) is 15.4. The van der Waals surface area contributed by atoms with E-state index in [1.54, 1.807) is 38.1 Å². The average Bonchev–Trinajstić information content (AvgIpc) is 2.71. The molecule has 0 spiro atoms. The summed E-state index contributed by atoms with van der Waals surface area (Å²) in [5.41, 5.74) is 0.894. The molecule has 1 heterocycles. The lowest BCUT2D eigenvalue weighted by molar-refractivity contribution is -0.141. The molecule has 0 aromatic carbocycles. The van der Waals surface area contributed by atoms with E-state index in [4.69, 9.17) is 5.11 Å². The highest BCUT2D eigenvalue weighted by atomic mass is 16.4. The summed E-state index contributed by atoms with van der Waals surface area (Å²) in [6.45, 7) is 2.11. The maximum atomic E-state index is 11.7. The number of hydrogen-bond donors (Lipinski definition) is 2. The van der Waals surface area contributed by atoms with Crippen LogP contribution >= 0.6 is 0 Å². The molecule has 0 saturated carbocycles. The Morgan fingerprint density at radius 1 is 1.61 bits per heavy atom. The molecule has 18 heavy (non-hydrogen) atoms. The number of carbonyl (C=O) groups is 2. The monoisotopic (exact) mass is 254 g/mol. The Morgan fingerprint density at radius 2 is 2.28 bits per heavy atom. The maximum absolute atomic E-state index is 11.7. The van der Waals surface area contributed by atoms with E-state index in [1.807, 2.05) is 0 Å². The molecule has 0 aliphatic rings. The molecule has 0 radical (unpaired) electrons. The summed E-state index contributed by atoms with van der Waals surface area (Å²) < 4.78 is 1.65. The summed E-state index contributed by atoms with van der Waals surface area (Å²) in [4.78, 5) is 23.7. The minimum Gasteiger partial charge on any atom is -0.481 e. The summed E-state index contributed by atoms with van der Waals surface area (Å²) in [6.07, 6.45) is 3.47. The predicted octanol–water partition coefficient (Wildman–Crippen LogP) is 0.282. The van der Waals surface area contributed by atoms with Gasteiger partial charge < -0.3 is 15.3 Å². The lowest BCUT2D eigenvalue weighted by atomic mass is 10.2. The van der Waals surface area contributed by atoms with E-state index in [0.29, 0.717) is 6.54 Å². The predicted molar refractivity (Wildman–Crippen MR) is 64.9 cm³/mol. The number of aliphatic carboxylic acids is 1. The number of amides is 2. The third kappa shape index (κ3) is 4.08. The van der Waals surface area contributed by atoms with Crippen molar-refractivity contribution in [3.05, 3.63) is 18.0 Å². The van der Waals surface area contributed by atoms with Crippen LogP contribution in [0.1, 0.15) is 12.5 Å². The van der Waals surface area contributed by atoms with Crippen LogP contribution in [0.4, 0.5) is 4.79 Å². The first-order valence-corrected chi connectivity index (χ1v) is 5.59. The van der Waals surface area contributed by atoms with Gasteiger partial charge in [0.25, 0.3) is 0 Å². The molecule has 7 heteroatoms. The SMILES string of the molecule is CC(CN(C)C(=O)NCc1cnn(C)c1)C(=O)O. The first-order valence-electron chi connectivity index (χ1n) is 5.59. The second-order valence-electron chi connectivity index (χ2n) is 4.30. The third-order valence-electron chi connectivity index (χ3n) is 2.52. The van der Waals surface area contributed by atoms with Gasteiger partial charge in [-0.3, -0.25) is 9.48 Å². The van der Waals surface area contributed by atoms with Crippen LogP contribution in [-0.2, 0) is 18.4 Å². The molecular weight excluding hydrogens is 236 g/mol. The number of urea groups is 1. The molecule has 100 valence electrons. The van der Waals surface area contributed by atoms with E-state index >= 15 is 0 Å². The molecule has 7 nitrogen and oxygen atoms in total. The maximum Gasteiger partial charge on any atom is 0.317 e. The van der Waals surface area contributed by atoms with E-state index in [-0.39, 0.29) is 12.6 Å². The fraction of sp³-hybridized carbons (Fsp3) is 0.545. The largest absolute Gasteiger partial charge is 0.481 e. The highest BCUT2D eigenvalue weighted by Gasteiger charge is 2.17. The Bertz CT molecular complexity index is 430. The number of aryl methyl sites for hydroxylation is 1. The zero-order valence-corrected chi connectivity index (χ0v) is 10.8. The van der Waals surface area contributed by atoms with Crippen LogP contribution in [0, 0.1) is 5.92 Å². The smallest absolute Gasteiger partial charge is 0.317 e. The molecule has 0 fully saturated rings. The van der Waals surface area contributed by atoms with Crippen LogP contribution in [0.5, 0.6) is 0 Å². The second kappa shape index (κ2) is 6.04. The Labute approximate surface area is 105 Å². The van der Waals surface area contributed by atoms with Gasteiger partial charge in [0.15, 0.2) is 0 Å². The van der Waals surface area contributed by atoms with E-state index in [9.17, 15) is 9.59 Å². The van der Waals surface area contributed by atoms with Gasteiger partial charge in [0.1, 0.15) is 0 Å². The normalized spacial score (nSPS) is 11.9. The molecule has 2 amide bonds. The van der Waals surface area contributed by atoms with Crippen molar-refractivity contribution in [2.24, 2.45) is 13.0 Å². The third-order valence-corrected chi connectivity index (χ3v) is 2.52. The van der Waals surface area contributed by atoms with Crippen LogP contribution in [0.3, 0.4) is 0 Å². The molecule has 0 saturated heterocycles.